The van der Waals surface area contributed by atoms with Gasteiger partial charge in [-0.1, -0.05) is 42.5 Å². The van der Waals surface area contributed by atoms with Gasteiger partial charge in [0.1, 0.15) is 0 Å². The van der Waals surface area contributed by atoms with Crippen LogP contribution in [0.15, 0.2) is 36.4 Å². The molecular formula is C10H14N4. The number of hydrazine groups is 1. The fourth-order valence-corrected chi connectivity index (χ4v) is 0.971. The van der Waals surface area contributed by atoms with E-state index in [0.717, 1.165) is 5.56 Å². The van der Waals surface area contributed by atoms with Crippen molar-refractivity contribution in [1.29, 1.82) is 5.41 Å². The van der Waals surface area contributed by atoms with Gasteiger partial charge in [0.15, 0.2) is 0 Å². The highest BCUT2D eigenvalue weighted by atomic mass is 15.3. The van der Waals surface area contributed by atoms with Crippen LogP contribution in [-0.4, -0.2) is 12.5 Å². The highest BCUT2D eigenvalue weighted by Gasteiger charge is 1.86. The van der Waals surface area contributed by atoms with Crippen LogP contribution in [-0.2, 0) is 0 Å². The first-order valence-corrected chi connectivity index (χ1v) is 4.33. The van der Waals surface area contributed by atoms with E-state index in [2.05, 4.69) is 10.7 Å². The molecule has 0 fully saturated rings. The summed E-state index contributed by atoms with van der Waals surface area (Å²) in [6.45, 7) is 0.581. The van der Waals surface area contributed by atoms with Crippen molar-refractivity contribution in [3.05, 3.63) is 42.0 Å². The summed E-state index contributed by atoms with van der Waals surface area (Å²) in [4.78, 5) is 0. The van der Waals surface area contributed by atoms with E-state index in [-0.39, 0.29) is 5.96 Å². The van der Waals surface area contributed by atoms with Gasteiger partial charge in [-0.2, -0.15) is 0 Å². The lowest BCUT2D eigenvalue weighted by Gasteiger charge is -2.02. The number of hydrogen-bond donors (Lipinski definition) is 4. The summed E-state index contributed by atoms with van der Waals surface area (Å²) >= 11 is 0. The third kappa shape index (κ3) is 3.73. The first kappa shape index (κ1) is 10.3. The topological polar surface area (TPSA) is 73.9 Å². The van der Waals surface area contributed by atoms with Crippen LogP contribution in [0.3, 0.4) is 0 Å². The molecule has 0 aliphatic heterocycles. The molecule has 0 aliphatic rings. The van der Waals surface area contributed by atoms with Gasteiger partial charge in [0.2, 0.25) is 5.96 Å². The summed E-state index contributed by atoms with van der Waals surface area (Å²) in [5.41, 5.74) is 3.34. The average molecular weight is 190 g/mol. The molecule has 0 radical (unpaired) electrons. The van der Waals surface area contributed by atoms with E-state index in [0.29, 0.717) is 6.54 Å². The van der Waals surface area contributed by atoms with Crippen LogP contribution in [0.25, 0.3) is 6.08 Å². The van der Waals surface area contributed by atoms with Gasteiger partial charge in [-0.05, 0) is 5.56 Å². The molecule has 1 aromatic carbocycles. The summed E-state index contributed by atoms with van der Waals surface area (Å²) in [7, 11) is 0. The van der Waals surface area contributed by atoms with Gasteiger partial charge >= 0.3 is 0 Å². The maximum Gasteiger partial charge on any atom is 0.203 e. The third-order valence-electron chi connectivity index (χ3n) is 1.65. The van der Waals surface area contributed by atoms with E-state index >= 15 is 0 Å². The van der Waals surface area contributed by atoms with Gasteiger partial charge in [0.05, 0.1) is 0 Å². The molecule has 0 spiro atoms. The van der Waals surface area contributed by atoms with Crippen molar-refractivity contribution in [1.82, 2.24) is 10.7 Å². The maximum absolute atomic E-state index is 7.14. The van der Waals surface area contributed by atoms with Crippen molar-refractivity contribution in [3.63, 3.8) is 0 Å². The minimum Gasteiger partial charge on any atom is -0.352 e. The first-order chi connectivity index (χ1) is 6.83. The Balaban J connectivity index is 2.31. The quantitative estimate of drug-likeness (QED) is 0.245. The maximum atomic E-state index is 7.14. The fraction of sp³-hybridized carbons (Fsp3) is 0.100. The normalized spacial score (nSPS) is 10.1. The summed E-state index contributed by atoms with van der Waals surface area (Å²) < 4.78 is 0. The third-order valence-corrected chi connectivity index (χ3v) is 1.65. The average Bonchev–Trinajstić information content (AvgIpc) is 2.25. The van der Waals surface area contributed by atoms with Crippen molar-refractivity contribution >= 4 is 12.0 Å². The van der Waals surface area contributed by atoms with Crippen LogP contribution in [0.4, 0.5) is 0 Å². The second-order valence-corrected chi connectivity index (χ2v) is 2.71. The lowest BCUT2D eigenvalue weighted by Crippen LogP contribution is -2.40. The van der Waals surface area contributed by atoms with E-state index in [1.807, 2.05) is 42.5 Å². The van der Waals surface area contributed by atoms with Gasteiger partial charge in [-0.3, -0.25) is 10.8 Å². The van der Waals surface area contributed by atoms with Gasteiger partial charge in [0, 0.05) is 6.54 Å². The Bertz CT molecular complexity index is 305. The Hall–Kier alpha value is -1.81. The number of guanidine groups is 1. The molecule has 0 saturated heterocycles. The molecule has 0 unspecified atom stereocenters. The van der Waals surface area contributed by atoms with E-state index in [1.54, 1.807) is 0 Å². The van der Waals surface area contributed by atoms with E-state index in [1.165, 1.54) is 0 Å². The molecule has 5 N–H and O–H groups in total. The molecule has 0 bridgehead atoms. The number of nitrogens with one attached hydrogen (secondary N) is 3. The zero-order valence-corrected chi connectivity index (χ0v) is 7.83. The SMILES string of the molecule is N=C(NN)NC/C=C/c1ccccc1. The van der Waals surface area contributed by atoms with Crippen molar-refractivity contribution in [2.24, 2.45) is 5.84 Å². The number of benzene rings is 1. The van der Waals surface area contributed by atoms with Crippen molar-refractivity contribution < 1.29 is 0 Å². The Morgan fingerprint density at radius 3 is 2.71 bits per heavy atom. The number of nitrogens with two attached hydrogens (primary N) is 1. The molecule has 1 rings (SSSR count). The van der Waals surface area contributed by atoms with Crippen LogP contribution in [0.1, 0.15) is 5.56 Å². The van der Waals surface area contributed by atoms with Gasteiger partial charge < -0.3 is 5.32 Å². The zero-order valence-electron chi connectivity index (χ0n) is 7.83. The van der Waals surface area contributed by atoms with Crippen LogP contribution in [0.2, 0.25) is 0 Å². The Morgan fingerprint density at radius 2 is 2.07 bits per heavy atom. The molecule has 0 heterocycles. The smallest absolute Gasteiger partial charge is 0.203 e. The fourth-order valence-electron chi connectivity index (χ4n) is 0.971. The molecule has 14 heavy (non-hydrogen) atoms. The van der Waals surface area contributed by atoms with Gasteiger partial charge in [-0.25, -0.2) is 5.84 Å². The number of rotatable bonds is 3. The van der Waals surface area contributed by atoms with E-state index in [4.69, 9.17) is 11.3 Å². The Morgan fingerprint density at radius 1 is 1.36 bits per heavy atom. The summed E-state index contributed by atoms with van der Waals surface area (Å²) in [6, 6.07) is 9.97. The van der Waals surface area contributed by atoms with Gasteiger partial charge in [0.25, 0.3) is 0 Å². The van der Waals surface area contributed by atoms with Crippen molar-refractivity contribution in [2.45, 2.75) is 0 Å². The van der Waals surface area contributed by atoms with Crippen LogP contribution < -0.4 is 16.6 Å². The molecule has 0 amide bonds. The summed E-state index contributed by atoms with van der Waals surface area (Å²) in [5, 5.41) is 9.90. The minimum atomic E-state index is 0.114. The standard InChI is InChI=1S/C10H14N4/c11-10(14-12)13-8-4-7-9-5-2-1-3-6-9/h1-7H,8,12H2,(H3,11,13,14)/b7-4+. The van der Waals surface area contributed by atoms with Crippen LogP contribution in [0.5, 0.6) is 0 Å². The highest BCUT2D eigenvalue weighted by molar-refractivity contribution is 5.75. The zero-order chi connectivity index (χ0) is 10.2. The van der Waals surface area contributed by atoms with Crippen LogP contribution >= 0.6 is 0 Å². The molecule has 0 aliphatic carbocycles. The predicted molar refractivity (Wildman–Crippen MR) is 58.5 cm³/mol. The second-order valence-electron chi connectivity index (χ2n) is 2.71. The minimum absolute atomic E-state index is 0.114. The Kier molecular flexibility index (Phi) is 4.23. The first-order valence-electron chi connectivity index (χ1n) is 4.33. The lowest BCUT2D eigenvalue weighted by atomic mass is 10.2. The van der Waals surface area contributed by atoms with Crippen LogP contribution in [0, 0.1) is 5.41 Å². The molecule has 0 aromatic heterocycles. The van der Waals surface area contributed by atoms with Crippen molar-refractivity contribution in [2.75, 3.05) is 6.54 Å². The largest absolute Gasteiger partial charge is 0.352 e. The summed E-state index contributed by atoms with van der Waals surface area (Å²) in [6.07, 6.45) is 3.91. The molecule has 1 aromatic rings. The van der Waals surface area contributed by atoms with Gasteiger partial charge in [-0.15, -0.1) is 0 Å². The second kappa shape index (κ2) is 5.77. The molecule has 0 saturated carbocycles. The summed E-state index contributed by atoms with van der Waals surface area (Å²) in [5.74, 6) is 5.12. The van der Waals surface area contributed by atoms with E-state index in [9.17, 15) is 0 Å². The molecule has 4 nitrogen and oxygen atoms in total. The molecular weight excluding hydrogens is 176 g/mol. The number of hydrogen-bond acceptors (Lipinski definition) is 2. The lowest BCUT2D eigenvalue weighted by molar-refractivity contribution is 0.896. The monoisotopic (exact) mass is 190 g/mol. The Labute approximate surface area is 83.3 Å². The van der Waals surface area contributed by atoms with Crippen molar-refractivity contribution in [3.8, 4) is 0 Å². The molecule has 0 atom stereocenters. The molecule has 74 valence electrons. The predicted octanol–water partition coefficient (Wildman–Crippen LogP) is 0.687. The van der Waals surface area contributed by atoms with E-state index < -0.39 is 0 Å². The molecule has 4 heteroatoms. The highest BCUT2D eigenvalue weighted by Crippen LogP contribution is 1.99.